The van der Waals surface area contributed by atoms with E-state index >= 15 is 0 Å². The van der Waals surface area contributed by atoms with E-state index in [0.717, 1.165) is 5.56 Å². The van der Waals surface area contributed by atoms with Gasteiger partial charge in [-0.3, -0.25) is 5.32 Å². The van der Waals surface area contributed by atoms with Crippen LogP contribution in [-0.2, 0) is 11.2 Å². The molecule has 1 aromatic carbocycles. The second kappa shape index (κ2) is 7.41. The zero-order valence-corrected chi connectivity index (χ0v) is 13.8. The molecule has 0 aliphatic heterocycles. The minimum Gasteiger partial charge on any atom is -0.493 e. The lowest BCUT2D eigenvalue weighted by Crippen LogP contribution is -2.27. The van der Waals surface area contributed by atoms with Gasteiger partial charge in [0.1, 0.15) is 5.60 Å². The molecule has 0 aromatic heterocycles. The van der Waals surface area contributed by atoms with Crippen LogP contribution in [0.4, 0.5) is 10.5 Å². The van der Waals surface area contributed by atoms with E-state index in [-0.39, 0.29) is 0 Å². The Morgan fingerprint density at radius 3 is 2.24 bits per heavy atom. The van der Waals surface area contributed by atoms with Crippen molar-refractivity contribution in [3.8, 4) is 11.5 Å². The summed E-state index contributed by atoms with van der Waals surface area (Å²) in [4.78, 5) is 11.9. The average molecular weight is 316 g/mol. The van der Waals surface area contributed by atoms with Crippen LogP contribution in [0.5, 0.6) is 11.5 Å². The second-order valence-corrected chi connectivity index (χ2v) is 5.81. The monoisotopic (exact) mass is 315 g/mol. The van der Waals surface area contributed by atoms with Gasteiger partial charge in [-0.1, -0.05) is 0 Å². The first-order chi connectivity index (χ1) is 9.80. The van der Waals surface area contributed by atoms with E-state index in [1.807, 2.05) is 0 Å². The number of halogens is 1. The van der Waals surface area contributed by atoms with Crippen molar-refractivity contribution >= 4 is 23.4 Å². The molecule has 0 aliphatic carbocycles. The highest BCUT2D eigenvalue weighted by Crippen LogP contribution is 2.34. The Morgan fingerprint density at radius 2 is 1.76 bits per heavy atom. The minimum absolute atomic E-state index is 0.429. The molecule has 0 heterocycles. The van der Waals surface area contributed by atoms with Crippen molar-refractivity contribution in [1.29, 1.82) is 0 Å². The number of aryl methyl sites for hydroxylation is 1. The van der Waals surface area contributed by atoms with Crippen molar-refractivity contribution in [3.05, 3.63) is 17.7 Å². The van der Waals surface area contributed by atoms with E-state index in [1.54, 1.807) is 40.0 Å². The fourth-order valence-electron chi connectivity index (χ4n) is 1.76. The number of benzene rings is 1. The van der Waals surface area contributed by atoms with Crippen molar-refractivity contribution < 1.29 is 19.0 Å². The molecule has 1 aromatic rings. The predicted molar refractivity (Wildman–Crippen MR) is 83.8 cm³/mol. The average Bonchev–Trinajstić information content (AvgIpc) is 2.38. The number of amides is 1. The normalized spacial score (nSPS) is 11.0. The summed E-state index contributed by atoms with van der Waals surface area (Å²) in [6, 6.07) is 3.50. The van der Waals surface area contributed by atoms with Gasteiger partial charge < -0.3 is 14.2 Å². The second-order valence-electron chi connectivity index (χ2n) is 5.43. The van der Waals surface area contributed by atoms with Crippen LogP contribution in [0.25, 0.3) is 0 Å². The van der Waals surface area contributed by atoms with Crippen molar-refractivity contribution in [3.63, 3.8) is 0 Å². The Bertz CT molecular complexity index is 497. The highest BCUT2D eigenvalue weighted by molar-refractivity contribution is 6.18. The third kappa shape index (κ3) is 5.34. The number of nitrogens with one attached hydrogen (secondary N) is 1. The van der Waals surface area contributed by atoms with Gasteiger partial charge in [-0.2, -0.15) is 0 Å². The molecule has 6 heteroatoms. The molecular weight excluding hydrogens is 294 g/mol. The van der Waals surface area contributed by atoms with Gasteiger partial charge in [0.25, 0.3) is 0 Å². The molecule has 0 atom stereocenters. The first kappa shape index (κ1) is 17.4. The van der Waals surface area contributed by atoms with Gasteiger partial charge in [-0.05, 0) is 38.8 Å². The maximum absolute atomic E-state index is 11.9. The maximum Gasteiger partial charge on any atom is 0.412 e. The molecule has 118 valence electrons. The molecule has 0 aliphatic rings. The van der Waals surface area contributed by atoms with E-state index in [9.17, 15) is 4.79 Å². The smallest absolute Gasteiger partial charge is 0.412 e. The van der Waals surface area contributed by atoms with Crippen molar-refractivity contribution in [2.24, 2.45) is 0 Å². The van der Waals surface area contributed by atoms with Crippen molar-refractivity contribution in [2.75, 3.05) is 25.4 Å². The number of methoxy groups -OCH3 is 2. The number of ether oxygens (including phenoxy) is 3. The van der Waals surface area contributed by atoms with Crippen LogP contribution in [0, 0.1) is 0 Å². The minimum atomic E-state index is -0.562. The Morgan fingerprint density at radius 1 is 1.19 bits per heavy atom. The molecule has 21 heavy (non-hydrogen) atoms. The Labute approximate surface area is 130 Å². The lowest BCUT2D eigenvalue weighted by Gasteiger charge is -2.21. The number of hydrogen-bond donors (Lipinski definition) is 1. The van der Waals surface area contributed by atoms with Gasteiger partial charge in [0.05, 0.1) is 19.9 Å². The van der Waals surface area contributed by atoms with Gasteiger partial charge in [0, 0.05) is 11.9 Å². The Hall–Kier alpha value is -1.62. The topological polar surface area (TPSA) is 56.8 Å². The van der Waals surface area contributed by atoms with Gasteiger partial charge >= 0.3 is 6.09 Å². The SMILES string of the molecule is COc1cc(CCCl)c(NC(=O)OC(C)(C)C)cc1OC. The number of carbonyl (C=O) groups excluding carboxylic acids is 1. The van der Waals surface area contributed by atoms with Gasteiger partial charge in [-0.15, -0.1) is 11.6 Å². The third-order valence-corrected chi connectivity index (χ3v) is 2.80. The standard InChI is InChI=1S/C15H22ClNO4/c1-15(2,3)21-14(18)17-11-9-13(20-5)12(19-4)8-10(11)6-7-16/h8-9H,6-7H2,1-5H3,(H,17,18). The molecule has 0 saturated carbocycles. The Balaban J connectivity index is 3.05. The summed E-state index contributed by atoms with van der Waals surface area (Å²) >= 11 is 5.80. The molecule has 5 nitrogen and oxygen atoms in total. The van der Waals surface area contributed by atoms with Gasteiger partial charge in [0.2, 0.25) is 0 Å². The van der Waals surface area contributed by atoms with Gasteiger partial charge in [-0.25, -0.2) is 4.79 Å². The van der Waals surface area contributed by atoms with E-state index in [1.165, 1.54) is 7.11 Å². The molecule has 1 rings (SSSR count). The first-order valence-corrected chi connectivity index (χ1v) is 7.15. The molecule has 1 amide bonds. The Kier molecular flexibility index (Phi) is 6.15. The largest absolute Gasteiger partial charge is 0.493 e. The van der Waals surface area contributed by atoms with E-state index in [2.05, 4.69) is 5.32 Å². The quantitative estimate of drug-likeness (QED) is 0.839. The zero-order chi connectivity index (χ0) is 16.0. The van der Waals surface area contributed by atoms with Crippen LogP contribution >= 0.6 is 11.6 Å². The van der Waals surface area contributed by atoms with E-state index in [0.29, 0.717) is 29.5 Å². The van der Waals surface area contributed by atoms with Crippen LogP contribution in [0.3, 0.4) is 0 Å². The van der Waals surface area contributed by atoms with Crippen molar-refractivity contribution in [2.45, 2.75) is 32.8 Å². The fourth-order valence-corrected chi connectivity index (χ4v) is 1.96. The zero-order valence-electron chi connectivity index (χ0n) is 13.1. The van der Waals surface area contributed by atoms with E-state index < -0.39 is 11.7 Å². The van der Waals surface area contributed by atoms with Crippen LogP contribution in [-0.4, -0.2) is 31.8 Å². The fraction of sp³-hybridized carbons (Fsp3) is 0.533. The number of anilines is 1. The summed E-state index contributed by atoms with van der Waals surface area (Å²) < 4.78 is 15.7. The highest BCUT2D eigenvalue weighted by atomic mass is 35.5. The molecular formula is C15H22ClNO4. The molecule has 0 saturated heterocycles. The number of rotatable bonds is 5. The molecule has 1 N–H and O–H groups in total. The summed E-state index contributed by atoms with van der Waals surface area (Å²) in [5.41, 5.74) is 0.892. The molecule has 0 unspecified atom stereocenters. The summed E-state index contributed by atoms with van der Waals surface area (Å²) in [6.07, 6.45) is 0.0677. The van der Waals surface area contributed by atoms with Crippen molar-refractivity contribution in [1.82, 2.24) is 0 Å². The van der Waals surface area contributed by atoms with Crippen LogP contribution in [0.2, 0.25) is 0 Å². The molecule has 0 spiro atoms. The lowest BCUT2D eigenvalue weighted by atomic mass is 10.1. The molecule has 0 fully saturated rings. The highest BCUT2D eigenvalue weighted by Gasteiger charge is 2.18. The third-order valence-electron chi connectivity index (χ3n) is 2.61. The van der Waals surface area contributed by atoms with Crippen LogP contribution in [0.1, 0.15) is 26.3 Å². The first-order valence-electron chi connectivity index (χ1n) is 6.61. The summed E-state index contributed by atoms with van der Waals surface area (Å²) in [6.45, 7) is 5.42. The number of carbonyl (C=O) groups is 1. The predicted octanol–water partition coefficient (Wildman–Crippen LogP) is 3.83. The van der Waals surface area contributed by atoms with Gasteiger partial charge in [0.15, 0.2) is 11.5 Å². The molecule has 0 bridgehead atoms. The maximum atomic E-state index is 11.9. The van der Waals surface area contributed by atoms with Crippen LogP contribution in [0.15, 0.2) is 12.1 Å². The summed E-state index contributed by atoms with van der Waals surface area (Å²) in [7, 11) is 3.10. The van der Waals surface area contributed by atoms with Crippen LogP contribution < -0.4 is 14.8 Å². The summed E-state index contributed by atoms with van der Waals surface area (Å²) in [5, 5.41) is 2.72. The lowest BCUT2D eigenvalue weighted by molar-refractivity contribution is 0.0636. The number of hydrogen-bond acceptors (Lipinski definition) is 4. The van der Waals surface area contributed by atoms with E-state index in [4.69, 9.17) is 25.8 Å². The molecule has 0 radical (unpaired) electrons. The summed E-state index contributed by atoms with van der Waals surface area (Å²) in [5.74, 6) is 1.55. The number of alkyl halides is 1.